The summed E-state index contributed by atoms with van der Waals surface area (Å²) in [5, 5.41) is 3.42. The van der Waals surface area contributed by atoms with Crippen LogP contribution >= 0.6 is 0 Å². The first-order valence-electron chi connectivity index (χ1n) is 9.13. The van der Waals surface area contributed by atoms with E-state index in [0.29, 0.717) is 29.3 Å². The van der Waals surface area contributed by atoms with E-state index in [4.69, 9.17) is 0 Å². The van der Waals surface area contributed by atoms with Gasteiger partial charge in [0.05, 0.1) is 5.69 Å². The van der Waals surface area contributed by atoms with Gasteiger partial charge < -0.3 is 5.32 Å². The summed E-state index contributed by atoms with van der Waals surface area (Å²) in [6.07, 6.45) is 1.89. The highest BCUT2D eigenvalue weighted by atomic mass is 32.2. The Morgan fingerprint density at radius 1 is 1.27 bits per heavy atom. The molecule has 2 saturated carbocycles. The van der Waals surface area contributed by atoms with Crippen molar-refractivity contribution in [2.75, 3.05) is 35.3 Å². The second kappa shape index (κ2) is 5.28. The summed E-state index contributed by atoms with van der Waals surface area (Å²) in [6, 6.07) is 3.62. The minimum Gasteiger partial charge on any atom is -0.316 e. The monoisotopic (exact) mass is 384 g/mol. The first-order chi connectivity index (χ1) is 12.3. The molecule has 3 atom stereocenters. The summed E-state index contributed by atoms with van der Waals surface area (Å²) >= 11 is 0. The number of anilines is 2. The van der Waals surface area contributed by atoms with E-state index in [1.54, 1.807) is 6.07 Å². The normalized spacial score (nSPS) is 36.3. The SMILES string of the molecule is CN1c2nc(C3CC4CNCC4C3)ccc2N(CC2CC2(F)F)S1(=O)=O. The van der Waals surface area contributed by atoms with Crippen LogP contribution in [-0.4, -0.2) is 46.0 Å². The highest BCUT2D eigenvalue weighted by Crippen LogP contribution is 2.51. The summed E-state index contributed by atoms with van der Waals surface area (Å²) in [5.41, 5.74) is 1.33. The van der Waals surface area contributed by atoms with E-state index in [0.717, 1.165) is 40.2 Å². The molecule has 1 N–H and O–H groups in total. The fourth-order valence-electron chi connectivity index (χ4n) is 4.76. The lowest BCUT2D eigenvalue weighted by atomic mass is 10.0. The van der Waals surface area contributed by atoms with Gasteiger partial charge in [-0.25, -0.2) is 22.4 Å². The van der Waals surface area contributed by atoms with Crippen LogP contribution in [0.3, 0.4) is 0 Å². The summed E-state index contributed by atoms with van der Waals surface area (Å²) in [5.74, 6) is -1.61. The number of aromatic nitrogens is 1. The minimum atomic E-state index is -3.82. The predicted molar refractivity (Wildman–Crippen MR) is 93.8 cm³/mol. The molecule has 0 bridgehead atoms. The molecule has 9 heteroatoms. The molecule has 0 spiro atoms. The van der Waals surface area contributed by atoms with E-state index in [2.05, 4.69) is 10.3 Å². The number of hydrogen-bond donors (Lipinski definition) is 1. The van der Waals surface area contributed by atoms with Crippen molar-refractivity contribution in [1.82, 2.24) is 10.3 Å². The average Bonchev–Trinajstić information content (AvgIpc) is 2.94. The van der Waals surface area contributed by atoms with Gasteiger partial charge in [-0.3, -0.25) is 0 Å². The van der Waals surface area contributed by atoms with Gasteiger partial charge in [0.2, 0.25) is 0 Å². The Morgan fingerprint density at radius 2 is 1.92 bits per heavy atom. The van der Waals surface area contributed by atoms with Crippen molar-refractivity contribution >= 4 is 21.7 Å². The molecule has 3 heterocycles. The summed E-state index contributed by atoms with van der Waals surface area (Å²) < 4.78 is 54.2. The van der Waals surface area contributed by atoms with Crippen LogP contribution in [0.1, 0.15) is 30.9 Å². The van der Waals surface area contributed by atoms with Gasteiger partial charge in [-0.1, -0.05) is 0 Å². The van der Waals surface area contributed by atoms with Crippen LogP contribution in [0, 0.1) is 17.8 Å². The summed E-state index contributed by atoms with van der Waals surface area (Å²) in [6.45, 7) is 1.90. The zero-order valence-electron chi connectivity index (χ0n) is 14.5. The van der Waals surface area contributed by atoms with E-state index in [1.165, 1.54) is 7.05 Å². The van der Waals surface area contributed by atoms with E-state index in [9.17, 15) is 17.2 Å². The molecular formula is C17H22F2N4O2S. The van der Waals surface area contributed by atoms with Crippen molar-refractivity contribution in [2.45, 2.75) is 31.1 Å². The third-order valence-corrected chi connectivity index (χ3v) is 8.25. The molecule has 4 aliphatic rings. The molecule has 142 valence electrons. The minimum absolute atomic E-state index is 0.188. The summed E-state index contributed by atoms with van der Waals surface area (Å²) in [7, 11) is -2.38. The number of halogens is 2. The van der Waals surface area contributed by atoms with Crippen molar-refractivity contribution in [3.63, 3.8) is 0 Å². The zero-order valence-corrected chi connectivity index (χ0v) is 15.3. The number of rotatable bonds is 3. The molecule has 0 aromatic carbocycles. The Kier molecular flexibility index (Phi) is 3.39. The van der Waals surface area contributed by atoms with Gasteiger partial charge in [-0.05, 0) is 49.9 Å². The second-order valence-corrected chi connectivity index (χ2v) is 9.98. The largest absolute Gasteiger partial charge is 0.327 e. The molecule has 0 radical (unpaired) electrons. The van der Waals surface area contributed by atoms with Crippen molar-refractivity contribution in [1.29, 1.82) is 0 Å². The number of nitrogens with one attached hydrogen (secondary N) is 1. The van der Waals surface area contributed by atoms with E-state index >= 15 is 0 Å². The smallest absolute Gasteiger partial charge is 0.316 e. The first-order valence-corrected chi connectivity index (χ1v) is 10.5. The predicted octanol–water partition coefficient (Wildman–Crippen LogP) is 1.95. The Hall–Kier alpha value is -1.48. The number of alkyl halides is 2. The molecule has 2 aliphatic heterocycles. The Balaban J connectivity index is 1.44. The summed E-state index contributed by atoms with van der Waals surface area (Å²) in [4.78, 5) is 4.65. The molecule has 6 nitrogen and oxygen atoms in total. The third-order valence-electron chi connectivity index (χ3n) is 6.48. The lowest BCUT2D eigenvalue weighted by molar-refractivity contribution is 0.101. The quantitative estimate of drug-likeness (QED) is 0.865. The maximum atomic E-state index is 13.3. The molecule has 1 aromatic rings. The topological polar surface area (TPSA) is 65.5 Å². The van der Waals surface area contributed by atoms with Crippen LogP contribution < -0.4 is 13.9 Å². The van der Waals surface area contributed by atoms with Gasteiger partial charge in [-0.2, -0.15) is 8.42 Å². The lowest BCUT2D eigenvalue weighted by Gasteiger charge is -2.18. The third kappa shape index (κ3) is 2.36. The van der Waals surface area contributed by atoms with Gasteiger partial charge >= 0.3 is 10.2 Å². The number of pyridine rings is 1. The number of hydrogen-bond acceptors (Lipinski definition) is 4. The van der Waals surface area contributed by atoms with Gasteiger partial charge in [0.15, 0.2) is 5.82 Å². The highest BCUT2D eigenvalue weighted by Gasteiger charge is 2.59. The molecule has 2 aliphatic carbocycles. The van der Waals surface area contributed by atoms with Gasteiger partial charge in [0.25, 0.3) is 5.92 Å². The molecular weight excluding hydrogens is 362 g/mol. The van der Waals surface area contributed by atoms with E-state index in [-0.39, 0.29) is 13.0 Å². The molecule has 26 heavy (non-hydrogen) atoms. The molecule has 1 aromatic heterocycles. The Labute approximate surface area is 151 Å². The van der Waals surface area contributed by atoms with Crippen LogP contribution in [0.2, 0.25) is 0 Å². The Morgan fingerprint density at radius 3 is 2.54 bits per heavy atom. The van der Waals surface area contributed by atoms with E-state index < -0.39 is 22.0 Å². The zero-order chi connectivity index (χ0) is 18.3. The van der Waals surface area contributed by atoms with Crippen molar-refractivity contribution < 1.29 is 17.2 Å². The van der Waals surface area contributed by atoms with Crippen LogP contribution in [0.15, 0.2) is 12.1 Å². The lowest BCUT2D eigenvalue weighted by Crippen LogP contribution is -2.37. The highest BCUT2D eigenvalue weighted by molar-refractivity contribution is 7.94. The van der Waals surface area contributed by atoms with Crippen LogP contribution in [0.4, 0.5) is 20.3 Å². The van der Waals surface area contributed by atoms with Crippen molar-refractivity contribution in [3.05, 3.63) is 17.8 Å². The van der Waals surface area contributed by atoms with Crippen LogP contribution in [0.25, 0.3) is 0 Å². The molecule has 3 unspecified atom stereocenters. The maximum Gasteiger partial charge on any atom is 0.327 e. The fourth-order valence-corrected chi connectivity index (χ4v) is 6.17. The van der Waals surface area contributed by atoms with Crippen LogP contribution in [-0.2, 0) is 10.2 Å². The van der Waals surface area contributed by atoms with Gasteiger partial charge in [-0.15, -0.1) is 0 Å². The molecule has 3 fully saturated rings. The maximum absolute atomic E-state index is 13.3. The Bertz CT molecular complexity index is 850. The average molecular weight is 384 g/mol. The van der Waals surface area contributed by atoms with Crippen molar-refractivity contribution in [2.24, 2.45) is 17.8 Å². The molecule has 5 rings (SSSR count). The van der Waals surface area contributed by atoms with Gasteiger partial charge in [0.1, 0.15) is 0 Å². The van der Waals surface area contributed by atoms with E-state index in [1.807, 2.05) is 6.07 Å². The standard InChI is InChI=1S/C17H22F2N4O2S/c1-22-16-15(23(26(22,24)25)9-13-6-17(13,18)19)3-2-14(21-16)10-4-11-7-20-8-12(11)5-10/h2-3,10-13,20H,4-9H2,1H3. The number of nitrogens with zero attached hydrogens (tertiary/aromatic N) is 3. The van der Waals surface area contributed by atoms with Gasteiger partial charge in [0, 0.05) is 37.5 Å². The molecule has 1 saturated heterocycles. The first kappa shape index (κ1) is 16.7. The van der Waals surface area contributed by atoms with Crippen LogP contribution in [0.5, 0.6) is 0 Å². The second-order valence-electron chi connectivity index (χ2n) is 8.09. The fraction of sp³-hybridized carbons (Fsp3) is 0.706. The molecule has 0 amide bonds. The number of fused-ring (bicyclic) bond motifs is 2. The van der Waals surface area contributed by atoms with Crippen molar-refractivity contribution in [3.8, 4) is 0 Å².